The molecule has 37 heavy (non-hydrogen) atoms. The van der Waals surface area contributed by atoms with Crippen LogP contribution in [0.2, 0.25) is 5.02 Å². The summed E-state index contributed by atoms with van der Waals surface area (Å²) in [6, 6.07) is 3.78. The van der Waals surface area contributed by atoms with Crippen molar-refractivity contribution in [2.45, 2.75) is 66.8 Å². The molecular weight excluding hydrogens is 512 g/mol. The van der Waals surface area contributed by atoms with E-state index in [1.807, 2.05) is 12.1 Å². The van der Waals surface area contributed by atoms with Crippen molar-refractivity contribution in [3.8, 4) is 0 Å². The Balaban J connectivity index is 1.17. The number of hydrogen-bond acceptors (Lipinski definition) is 9. The number of benzene rings is 1. The molecule has 0 amide bonds. The average Bonchev–Trinajstić information content (AvgIpc) is 3.65. The van der Waals surface area contributed by atoms with Gasteiger partial charge in [-0.05, 0) is 44.7 Å². The van der Waals surface area contributed by atoms with E-state index in [1.54, 1.807) is 30.4 Å². The van der Waals surface area contributed by atoms with Gasteiger partial charge in [-0.1, -0.05) is 23.4 Å². The van der Waals surface area contributed by atoms with Crippen LogP contribution in [0.25, 0.3) is 10.9 Å². The highest BCUT2D eigenvalue weighted by molar-refractivity contribution is 7.99. The molecule has 1 aromatic carbocycles. The van der Waals surface area contributed by atoms with Crippen molar-refractivity contribution in [1.82, 2.24) is 19.5 Å². The molecule has 2 atom stereocenters. The summed E-state index contributed by atoms with van der Waals surface area (Å²) >= 11 is 8.13. The standard InChI is InChI=1S/C26H31ClN6O3S/c1-16-23(28)25(14-36-16)7-9-32(10-8-25)19-11-30-20(12-29-19)37-18-4-3-17-21(22(18)27)24(34)33(15-31-17)13-26(35-2)5-6-26/h3-4,11-12,15-16,23H,5-10,13-14,28H2,1-2H3/t16-,23+/m0/s1. The van der Waals surface area contributed by atoms with Gasteiger partial charge in [-0.25, -0.2) is 15.0 Å². The monoisotopic (exact) mass is 542 g/mol. The minimum absolute atomic E-state index is 0.0716. The highest BCUT2D eigenvalue weighted by Crippen LogP contribution is 2.42. The number of rotatable bonds is 6. The quantitative estimate of drug-likeness (QED) is 0.500. The van der Waals surface area contributed by atoms with Gasteiger partial charge in [-0.15, -0.1) is 0 Å². The molecule has 3 fully saturated rings. The summed E-state index contributed by atoms with van der Waals surface area (Å²) in [5.74, 6) is 0.851. The fourth-order valence-corrected chi connectivity index (χ4v) is 6.67. The number of nitrogens with two attached hydrogens (primary N) is 1. The predicted molar refractivity (Wildman–Crippen MR) is 143 cm³/mol. The van der Waals surface area contributed by atoms with Crippen molar-refractivity contribution < 1.29 is 9.47 Å². The Kier molecular flexibility index (Phi) is 6.43. The lowest BCUT2D eigenvalue weighted by atomic mass is 9.73. The third kappa shape index (κ3) is 4.52. The first-order valence-electron chi connectivity index (χ1n) is 12.7. The summed E-state index contributed by atoms with van der Waals surface area (Å²) < 4.78 is 13.0. The van der Waals surface area contributed by atoms with Gasteiger partial charge in [-0.2, -0.15) is 0 Å². The zero-order chi connectivity index (χ0) is 25.8. The first-order chi connectivity index (χ1) is 17.8. The summed E-state index contributed by atoms with van der Waals surface area (Å²) in [5.41, 5.74) is 6.67. The Morgan fingerprint density at radius 3 is 2.59 bits per heavy atom. The molecule has 11 heteroatoms. The van der Waals surface area contributed by atoms with Crippen LogP contribution < -0.4 is 16.2 Å². The lowest BCUT2D eigenvalue weighted by molar-refractivity contribution is 0.0641. The minimum Gasteiger partial charge on any atom is -0.376 e. The first-order valence-corrected chi connectivity index (χ1v) is 13.9. The van der Waals surface area contributed by atoms with Crippen molar-refractivity contribution in [2.75, 3.05) is 31.7 Å². The van der Waals surface area contributed by atoms with Gasteiger partial charge in [0.2, 0.25) is 0 Å². The number of nitrogens with zero attached hydrogens (tertiary/aromatic N) is 5. The third-order valence-corrected chi connectivity index (χ3v) is 9.84. The second-order valence-corrected chi connectivity index (χ2v) is 12.0. The molecule has 2 aliphatic heterocycles. The summed E-state index contributed by atoms with van der Waals surface area (Å²) in [6.07, 6.45) is 9.10. The second-order valence-electron chi connectivity index (χ2n) is 10.5. The maximum atomic E-state index is 13.3. The zero-order valence-electron chi connectivity index (χ0n) is 21.0. The van der Waals surface area contributed by atoms with Crippen LogP contribution in [0.4, 0.5) is 5.82 Å². The molecular formula is C26H31ClN6O3S. The van der Waals surface area contributed by atoms with Gasteiger partial charge in [0.1, 0.15) is 10.8 Å². The molecule has 0 radical (unpaired) electrons. The maximum absolute atomic E-state index is 13.3. The number of anilines is 1. The number of aromatic nitrogens is 4. The molecule has 0 unspecified atom stereocenters. The van der Waals surface area contributed by atoms with Crippen LogP contribution in [0.1, 0.15) is 32.6 Å². The van der Waals surface area contributed by atoms with Crippen LogP contribution in [0.15, 0.2) is 45.6 Å². The van der Waals surface area contributed by atoms with Gasteiger partial charge in [0.15, 0.2) is 0 Å². The van der Waals surface area contributed by atoms with Crippen molar-refractivity contribution in [2.24, 2.45) is 11.1 Å². The molecule has 4 heterocycles. The summed E-state index contributed by atoms with van der Waals surface area (Å²) in [5, 5.41) is 1.50. The first kappa shape index (κ1) is 25.1. The van der Waals surface area contributed by atoms with Crippen molar-refractivity contribution >= 4 is 40.1 Å². The molecule has 1 aliphatic carbocycles. The van der Waals surface area contributed by atoms with Crippen molar-refractivity contribution in [3.05, 3.63) is 46.2 Å². The fourth-order valence-electron chi connectivity index (χ4n) is 5.55. The van der Waals surface area contributed by atoms with E-state index < -0.39 is 0 Å². The number of halogens is 1. The second kappa shape index (κ2) is 9.50. The molecule has 0 bridgehead atoms. The molecule has 196 valence electrons. The van der Waals surface area contributed by atoms with Gasteiger partial charge >= 0.3 is 0 Å². The molecule has 6 rings (SSSR count). The Morgan fingerprint density at radius 2 is 1.97 bits per heavy atom. The molecule has 2 N–H and O–H groups in total. The highest BCUT2D eigenvalue weighted by Gasteiger charge is 2.47. The molecule has 3 aromatic rings. The largest absolute Gasteiger partial charge is 0.376 e. The summed E-state index contributed by atoms with van der Waals surface area (Å²) in [6.45, 7) is 5.04. The van der Waals surface area contributed by atoms with Gasteiger partial charge in [0.05, 0.1) is 59.5 Å². The van der Waals surface area contributed by atoms with Crippen molar-refractivity contribution in [3.63, 3.8) is 0 Å². The van der Waals surface area contributed by atoms with E-state index in [0.717, 1.165) is 56.1 Å². The van der Waals surface area contributed by atoms with Crippen LogP contribution >= 0.6 is 23.4 Å². The smallest absolute Gasteiger partial charge is 0.262 e. The fraction of sp³-hybridized carbons (Fsp3) is 0.538. The molecule has 9 nitrogen and oxygen atoms in total. The maximum Gasteiger partial charge on any atom is 0.262 e. The van der Waals surface area contributed by atoms with E-state index in [9.17, 15) is 4.79 Å². The molecule has 1 spiro atoms. The van der Waals surface area contributed by atoms with E-state index in [1.165, 1.54) is 11.8 Å². The van der Waals surface area contributed by atoms with E-state index >= 15 is 0 Å². The van der Waals surface area contributed by atoms with E-state index in [4.69, 9.17) is 26.8 Å². The van der Waals surface area contributed by atoms with Crippen molar-refractivity contribution in [1.29, 1.82) is 0 Å². The van der Waals surface area contributed by atoms with Gasteiger partial charge in [-0.3, -0.25) is 9.36 Å². The van der Waals surface area contributed by atoms with Gasteiger partial charge in [0.25, 0.3) is 5.56 Å². The van der Waals surface area contributed by atoms with E-state index in [2.05, 4.69) is 26.8 Å². The Labute approximate surface area is 224 Å². The number of piperidine rings is 1. The van der Waals surface area contributed by atoms with E-state index in [0.29, 0.717) is 27.5 Å². The lowest BCUT2D eigenvalue weighted by Gasteiger charge is -2.41. The highest BCUT2D eigenvalue weighted by atomic mass is 35.5. The van der Waals surface area contributed by atoms with Gasteiger partial charge in [0, 0.05) is 36.6 Å². The Hall–Kier alpha value is -2.24. The predicted octanol–water partition coefficient (Wildman–Crippen LogP) is 3.50. The van der Waals surface area contributed by atoms with Crippen LogP contribution in [0.5, 0.6) is 0 Å². The SMILES string of the molecule is COC1(Cn2cnc3ccc(Sc4cnc(N5CCC6(CC5)CO[C@@H](C)[C@H]6N)cn4)c(Cl)c3c2=O)CC1. The van der Waals surface area contributed by atoms with Crippen LogP contribution in [0.3, 0.4) is 0 Å². The lowest BCUT2D eigenvalue weighted by Crippen LogP contribution is -2.50. The van der Waals surface area contributed by atoms with Gasteiger partial charge < -0.3 is 20.1 Å². The number of hydrogen-bond donors (Lipinski definition) is 1. The Morgan fingerprint density at radius 1 is 1.19 bits per heavy atom. The molecule has 2 aromatic heterocycles. The zero-order valence-corrected chi connectivity index (χ0v) is 22.6. The third-order valence-electron chi connectivity index (χ3n) is 8.35. The molecule has 1 saturated carbocycles. The summed E-state index contributed by atoms with van der Waals surface area (Å²) in [7, 11) is 1.68. The Bertz CT molecular complexity index is 1370. The number of ether oxygens (including phenoxy) is 2. The summed E-state index contributed by atoms with van der Waals surface area (Å²) in [4.78, 5) is 30.0. The minimum atomic E-state index is -0.264. The topological polar surface area (TPSA) is 108 Å². The van der Waals surface area contributed by atoms with Crippen LogP contribution in [0, 0.1) is 5.41 Å². The molecule has 3 aliphatic rings. The number of fused-ring (bicyclic) bond motifs is 1. The van der Waals surface area contributed by atoms with Crippen LogP contribution in [-0.4, -0.2) is 64.1 Å². The molecule has 2 saturated heterocycles. The van der Waals surface area contributed by atoms with Crippen LogP contribution in [-0.2, 0) is 16.0 Å². The number of methoxy groups -OCH3 is 1. The normalized spacial score (nSPS) is 24.2. The average molecular weight is 543 g/mol. The van der Waals surface area contributed by atoms with E-state index in [-0.39, 0.29) is 28.7 Å².